The number of unbranched alkanes of at least 4 members (excludes halogenated alkanes) is 1. The first-order valence-corrected chi connectivity index (χ1v) is 8.28. The number of ketones is 1. The average molecular weight is 280 g/mol. The van der Waals surface area contributed by atoms with Crippen molar-refractivity contribution < 1.29 is 4.79 Å². The lowest BCUT2D eigenvalue weighted by Crippen LogP contribution is -2.33. The standard InChI is InChI=1S/C15H24N2OS/c1-4-6-10-17(11(3)5-2)15-16-14-12(18)8-7-9-13(14)19-15/h11H,4-10H2,1-3H3. The van der Waals surface area contributed by atoms with Crippen molar-refractivity contribution in [3.8, 4) is 0 Å². The van der Waals surface area contributed by atoms with Gasteiger partial charge in [0.15, 0.2) is 10.9 Å². The van der Waals surface area contributed by atoms with Crippen LogP contribution >= 0.6 is 11.3 Å². The van der Waals surface area contributed by atoms with Crippen LogP contribution in [0.1, 0.15) is 68.2 Å². The molecule has 3 nitrogen and oxygen atoms in total. The largest absolute Gasteiger partial charge is 0.345 e. The molecule has 2 rings (SSSR count). The number of Topliss-reactive ketones (excluding diaryl/α,β-unsaturated/α-hetero) is 1. The Kier molecular flexibility index (Phi) is 4.97. The number of fused-ring (bicyclic) bond motifs is 1. The van der Waals surface area contributed by atoms with Crippen LogP contribution in [0.15, 0.2) is 0 Å². The van der Waals surface area contributed by atoms with Crippen molar-refractivity contribution in [1.82, 2.24) is 4.98 Å². The van der Waals surface area contributed by atoms with Gasteiger partial charge in [0.05, 0.1) is 0 Å². The quantitative estimate of drug-likeness (QED) is 0.787. The first-order valence-electron chi connectivity index (χ1n) is 7.46. The molecule has 4 heteroatoms. The highest BCUT2D eigenvalue weighted by Gasteiger charge is 2.25. The molecule has 0 spiro atoms. The molecule has 0 fully saturated rings. The highest BCUT2D eigenvalue weighted by molar-refractivity contribution is 7.16. The van der Waals surface area contributed by atoms with Gasteiger partial charge in [0.2, 0.25) is 0 Å². The summed E-state index contributed by atoms with van der Waals surface area (Å²) in [7, 11) is 0. The Hall–Kier alpha value is -0.900. The molecule has 0 amide bonds. The summed E-state index contributed by atoms with van der Waals surface area (Å²) in [6.45, 7) is 7.72. The third-order valence-electron chi connectivity index (χ3n) is 3.88. The van der Waals surface area contributed by atoms with Crippen LogP contribution in [0, 0.1) is 0 Å². The van der Waals surface area contributed by atoms with E-state index in [2.05, 4.69) is 30.7 Å². The van der Waals surface area contributed by atoms with Crippen molar-refractivity contribution in [2.75, 3.05) is 11.4 Å². The van der Waals surface area contributed by atoms with Crippen LogP contribution in [0.3, 0.4) is 0 Å². The second-order valence-corrected chi connectivity index (χ2v) is 6.41. The van der Waals surface area contributed by atoms with E-state index in [1.54, 1.807) is 11.3 Å². The Balaban J connectivity index is 2.23. The first kappa shape index (κ1) is 14.5. The fraction of sp³-hybridized carbons (Fsp3) is 0.733. The number of hydrogen-bond donors (Lipinski definition) is 0. The van der Waals surface area contributed by atoms with Gasteiger partial charge in [-0.2, -0.15) is 0 Å². The third kappa shape index (κ3) is 3.16. The van der Waals surface area contributed by atoms with Crippen molar-refractivity contribution in [2.45, 2.75) is 65.3 Å². The Labute approximate surface area is 120 Å². The van der Waals surface area contributed by atoms with Crippen LogP contribution in [0.2, 0.25) is 0 Å². The lowest BCUT2D eigenvalue weighted by atomic mass is 10.0. The molecule has 1 atom stereocenters. The van der Waals surface area contributed by atoms with E-state index in [9.17, 15) is 4.79 Å². The topological polar surface area (TPSA) is 33.2 Å². The van der Waals surface area contributed by atoms with E-state index >= 15 is 0 Å². The van der Waals surface area contributed by atoms with Gasteiger partial charge in [0.25, 0.3) is 0 Å². The van der Waals surface area contributed by atoms with Gasteiger partial charge in [-0.25, -0.2) is 4.98 Å². The van der Waals surface area contributed by atoms with Crippen LogP contribution < -0.4 is 4.90 Å². The van der Waals surface area contributed by atoms with E-state index < -0.39 is 0 Å². The lowest BCUT2D eigenvalue weighted by molar-refractivity contribution is 0.0968. The summed E-state index contributed by atoms with van der Waals surface area (Å²) < 4.78 is 0. The fourth-order valence-electron chi connectivity index (χ4n) is 2.43. The molecular weight excluding hydrogens is 256 g/mol. The second kappa shape index (κ2) is 6.51. The van der Waals surface area contributed by atoms with Crippen molar-refractivity contribution in [2.24, 2.45) is 0 Å². The maximum atomic E-state index is 11.9. The molecular formula is C15H24N2OS. The van der Waals surface area contributed by atoms with Crippen molar-refractivity contribution in [3.63, 3.8) is 0 Å². The molecule has 0 saturated carbocycles. The summed E-state index contributed by atoms with van der Waals surface area (Å²) in [6.07, 6.45) is 6.18. The van der Waals surface area contributed by atoms with Gasteiger partial charge in [-0.15, -0.1) is 11.3 Å². The maximum absolute atomic E-state index is 11.9. The molecule has 1 unspecified atom stereocenters. The van der Waals surface area contributed by atoms with E-state index in [0.717, 1.165) is 36.6 Å². The molecule has 0 aliphatic heterocycles. The van der Waals surface area contributed by atoms with Crippen LogP contribution in [0.4, 0.5) is 5.13 Å². The van der Waals surface area contributed by atoms with Crippen molar-refractivity contribution in [1.29, 1.82) is 0 Å². The number of anilines is 1. The number of aryl methyl sites for hydroxylation is 1. The minimum atomic E-state index is 0.239. The summed E-state index contributed by atoms with van der Waals surface area (Å²) >= 11 is 1.74. The molecule has 1 aromatic heterocycles. The van der Waals surface area contributed by atoms with Gasteiger partial charge in [0.1, 0.15) is 5.69 Å². The van der Waals surface area contributed by atoms with Crippen LogP contribution in [-0.2, 0) is 6.42 Å². The van der Waals surface area contributed by atoms with Gasteiger partial charge in [0, 0.05) is 23.9 Å². The number of carbonyl (C=O) groups is 1. The highest BCUT2D eigenvalue weighted by Crippen LogP contribution is 2.33. The van der Waals surface area contributed by atoms with Gasteiger partial charge >= 0.3 is 0 Å². The zero-order chi connectivity index (χ0) is 13.8. The number of hydrogen-bond acceptors (Lipinski definition) is 4. The second-order valence-electron chi connectivity index (χ2n) is 5.35. The van der Waals surface area contributed by atoms with Gasteiger partial charge in [-0.3, -0.25) is 4.79 Å². The molecule has 19 heavy (non-hydrogen) atoms. The SMILES string of the molecule is CCCCN(c1nc2c(s1)CCCC2=O)C(C)CC. The first-order chi connectivity index (χ1) is 9.17. The average Bonchev–Trinajstić information content (AvgIpc) is 2.84. The number of nitrogens with zero attached hydrogens (tertiary/aromatic N) is 2. The highest BCUT2D eigenvalue weighted by atomic mass is 32.1. The van der Waals surface area contributed by atoms with E-state index in [0.29, 0.717) is 12.5 Å². The fourth-order valence-corrected chi connectivity index (χ4v) is 3.68. The van der Waals surface area contributed by atoms with E-state index in [4.69, 9.17) is 0 Å². The van der Waals surface area contributed by atoms with Gasteiger partial charge < -0.3 is 4.90 Å². The van der Waals surface area contributed by atoms with E-state index in [-0.39, 0.29) is 5.78 Å². The molecule has 1 aliphatic carbocycles. The summed E-state index contributed by atoms with van der Waals surface area (Å²) in [4.78, 5) is 20.1. The monoisotopic (exact) mass is 280 g/mol. The Bertz CT molecular complexity index is 441. The van der Waals surface area contributed by atoms with E-state index in [1.807, 2.05) is 0 Å². The minimum absolute atomic E-state index is 0.239. The van der Waals surface area contributed by atoms with Gasteiger partial charge in [-0.05, 0) is 32.6 Å². The molecule has 0 aromatic carbocycles. The van der Waals surface area contributed by atoms with Crippen molar-refractivity contribution in [3.05, 3.63) is 10.6 Å². The van der Waals surface area contributed by atoms with Crippen molar-refractivity contribution >= 4 is 22.3 Å². The Morgan fingerprint density at radius 2 is 2.16 bits per heavy atom. The molecule has 0 bridgehead atoms. The summed E-state index contributed by atoms with van der Waals surface area (Å²) in [5.41, 5.74) is 0.760. The summed E-state index contributed by atoms with van der Waals surface area (Å²) in [5, 5.41) is 1.06. The van der Waals surface area contributed by atoms with E-state index in [1.165, 1.54) is 17.7 Å². The van der Waals surface area contributed by atoms with Crippen LogP contribution in [-0.4, -0.2) is 23.4 Å². The zero-order valence-corrected chi connectivity index (χ0v) is 13.1. The Morgan fingerprint density at radius 3 is 2.79 bits per heavy atom. The predicted molar refractivity (Wildman–Crippen MR) is 81.4 cm³/mol. The molecule has 1 heterocycles. The van der Waals surface area contributed by atoms with Gasteiger partial charge in [-0.1, -0.05) is 20.3 Å². The number of thiazole rings is 1. The number of carbonyl (C=O) groups excluding carboxylic acids is 1. The molecule has 1 aliphatic rings. The molecule has 1 aromatic rings. The summed E-state index contributed by atoms with van der Waals surface area (Å²) in [5.74, 6) is 0.239. The predicted octanol–water partition coefficient (Wildman–Crippen LogP) is 4.07. The normalized spacial score (nSPS) is 16.3. The molecule has 0 radical (unpaired) electrons. The number of rotatable bonds is 6. The lowest BCUT2D eigenvalue weighted by Gasteiger charge is -2.28. The molecule has 0 saturated heterocycles. The number of aromatic nitrogens is 1. The maximum Gasteiger partial charge on any atom is 0.186 e. The summed E-state index contributed by atoms with van der Waals surface area (Å²) in [6, 6.07) is 0.495. The zero-order valence-electron chi connectivity index (χ0n) is 12.2. The molecule has 106 valence electrons. The minimum Gasteiger partial charge on any atom is -0.345 e. The smallest absolute Gasteiger partial charge is 0.186 e. The molecule has 0 N–H and O–H groups in total. The third-order valence-corrected chi connectivity index (χ3v) is 5.03. The van der Waals surface area contributed by atoms with Crippen LogP contribution in [0.25, 0.3) is 0 Å². The van der Waals surface area contributed by atoms with Crippen LogP contribution in [0.5, 0.6) is 0 Å². The Morgan fingerprint density at radius 1 is 1.37 bits per heavy atom.